The average molecular weight is 343 g/mol. The summed E-state index contributed by atoms with van der Waals surface area (Å²) >= 11 is 0. The molecule has 0 aliphatic carbocycles. The smallest absolute Gasteiger partial charge is 0.193 e. The number of ether oxygens (including phenoxy) is 1. The number of imidazole rings is 1. The number of nitrogens with one attached hydrogen (secondary N) is 2. The minimum absolute atomic E-state index is 0.278. The molecular formula is C19H29N5O. The van der Waals surface area contributed by atoms with Crippen LogP contribution in [-0.4, -0.2) is 54.2 Å². The molecule has 0 radical (unpaired) electrons. The van der Waals surface area contributed by atoms with Crippen molar-refractivity contribution in [1.82, 2.24) is 20.2 Å². The van der Waals surface area contributed by atoms with Gasteiger partial charge in [0.05, 0.1) is 24.5 Å². The van der Waals surface area contributed by atoms with Gasteiger partial charge < -0.3 is 19.9 Å². The van der Waals surface area contributed by atoms with E-state index in [1.54, 1.807) is 7.05 Å². The van der Waals surface area contributed by atoms with Crippen LogP contribution >= 0.6 is 0 Å². The van der Waals surface area contributed by atoms with Crippen molar-refractivity contribution in [3.05, 3.63) is 42.4 Å². The van der Waals surface area contributed by atoms with E-state index >= 15 is 0 Å². The predicted molar refractivity (Wildman–Crippen MR) is 103 cm³/mol. The van der Waals surface area contributed by atoms with Crippen molar-refractivity contribution in [3.8, 4) is 11.3 Å². The maximum Gasteiger partial charge on any atom is 0.193 e. The highest BCUT2D eigenvalue weighted by molar-refractivity contribution is 5.79. The summed E-state index contributed by atoms with van der Waals surface area (Å²) in [7, 11) is 3.80. The number of H-pyrrole nitrogens is 1. The summed E-state index contributed by atoms with van der Waals surface area (Å²) in [6.45, 7) is 6.34. The number of guanidine groups is 1. The molecule has 2 rings (SSSR count). The third-order valence-electron chi connectivity index (χ3n) is 3.73. The zero-order valence-electron chi connectivity index (χ0n) is 15.6. The number of hydrogen-bond acceptors (Lipinski definition) is 3. The molecule has 0 bridgehead atoms. The zero-order valence-corrected chi connectivity index (χ0v) is 15.6. The van der Waals surface area contributed by atoms with Crippen LogP contribution in [0.2, 0.25) is 0 Å². The van der Waals surface area contributed by atoms with Crippen LogP contribution in [0.25, 0.3) is 11.3 Å². The molecule has 6 heteroatoms. The molecule has 1 heterocycles. The summed E-state index contributed by atoms with van der Waals surface area (Å²) < 4.78 is 5.55. The third-order valence-corrected chi connectivity index (χ3v) is 3.73. The van der Waals surface area contributed by atoms with Gasteiger partial charge in [-0.3, -0.25) is 4.99 Å². The van der Waals surface area contributed by atoms with Crippen LogP contribution < -0.4 is 5.32 Å². The van der Waals surface area contributed by atoms with Crippen LogP contribution in [0, 0.1) is 0 Å². The number of aromatic amines is 1. The van der Waals surface area contributed by atoms with Gasteiger partial charge >= 0.3 is 0 Å². The van der Waals surface area contributed by atoms with E-state index in [0.29, 0.717) is 6.54 Å². The minimum atomic E-state index is 0.278. The molecule has 136 valence electrons. The van der Waals surface area contributed by atoms with Crippen molar-refractivity contribution in [3.63, 3.8) is 0 Å². The Morgan fingerprint density at radius 1 is 1.32 bits per heavy atom. The molecule has 0 spiro atoms. The van der Waals surface area contributed by atoms with Crippen LogP contribution in [0.3, 0.4) is 0 Å². The molecule has 0 saturated carbocycles. The molecule has 0 fully saturated rings. The van der Waals surface area contributed by atoms with Crippen LogP contribution in [0.5, 0.6) is 0 Å². The summed E-state index contributed by atoms with van der Waals surface area (Å²) in [5, 5.41) is 3.36. The van der Waals surface area contributed by atoms with Crippen molar-refractivity contribution in [2.45, 2.75) is 32.9 Å². The van der Waals surface area contributed by atoms with Gasteiger partial charge in [-0.1, -0.05) is 30.3 Å². The molecule has 1 aromatic carbocycles. The molecule has 6 nitrogen and oxygen atoms in total. The van der Waals surface area contributed by atoms with Crippen LogP contribution in [0.4, 0.5) is 0 Å². The van der Waals surface area contributed by atoms with Crippen LogP contribution in [0.1, 0.15) is 26.1 Å². The van der Waals surface area contributed by atoms with Gasteiger partial charge in [-0.05, 0) is 25.8 Å². The Balaban J connectivity index is 1.83. The van der Waals surface area contributed by atoms with Gasteiger partial charge in [0.25, 0.3) is 0 Å². The normalized spacial score (nSPS) is 11.8. The number of benzene rings is 1. The first-order valence-corrected chi connectivity index (χ1v) is 8.73. The Morgan fingerprint density at radius 2 is 2.08 bits per heavy atom. The fraction of sp³-hybridized carbons (Fsp3) is 0.474. The maximum atomic E-state index is 5.55. The number of aliphatic imine (C=N–C) groups is 1. The lowest BCUT2D eigenvalue weighted by molar-refractivity contribution is 0.0776. The highest BCUT2D eigenvalue weighted by Crippen LogP contribution is 2.16. The predicted octanol–water partition coefficient (Wildman–Crippen LogP) is 2.90. The Kier molecular flexibility index (Phi) is 7.47. The average Bonchev–Trinajstić information content (AvgIpc) is 3.07. The van der Waals surface area contributed by atoms with E-state index in [9.17, 15) is 0 Å². The Labute approximate surface area is 150 Å². The lowest BCUT2D eigenvalue weighted by Crippen LogP contribution is -2.39. The first-order chi connectivity index (χ1) is 12.1. The van der Waals surface area contributed by atoms with Crippen molar-refractivity contribution >= 4 is 5.96 Å². The lowest BCUT2D eigenvalue weighted by Gasteiger charge is -2.21. The van der Waals surface area contributed by atoms with E-state index < -0.39 is 0 Å². The summed E-state index contributed by atoms with van der Waals surface area (Å²) in [6, 6.07) is 10.2. The highest BCUT2D eigenvalue weighted by Gasteiger charge is 2.09. The number of aromatic nitrogens is 2. The number of rotatable bonds is 8. The second-order valence-electron chi connectivity index (χ2n) is 6.21. The van der Waals surface area contributed by atoms with E-state index in [1.807, 2.05) is 45.3 Å². The van der Waals surface area contributed by atoms with Crippen molar-refractivity contribution in [1.29, 1.82) is 0 Å². The number of hydrogen-bond donors (Lipinski definition) is 2. The molecule has 0 amide bonds. The SMILES string of the molecule is CN=C(NCCCOC(C)C)N(C)Cc1ncc(-c2ccccc2)[nH]1. The van der Waals surface area contributed by atoms with Gasteiger partial charge in [0, 0.05) is 27.2 Å². The van der Waals surface area contributed by atoms with Gasteiger partial charge in [-0.25, -0.2) is 4.98 Å². The summed E-state index contributed by atoms with van der Waals surface area (Å²) in [5.41, 5.74) is 2.16. The summed E-state index contributed by atoms with van der Waals surface area (Å²) in [5.74, 6) is 1.76. The zero-order chi connectivity index (χ0) is 18.1. The van der Waals surface area contributed by atoms with E-state index in [4.69, 9.17) is 4.74 Å². The van der Waals surface area contributed by atoms with Gasteiger partial charge in [0.15, 0.2) is 5.96 Å². The van der Waals surface area contributed by atoms with Crippen LogP contribution in [-0.2, 0) is 11.3 Å². The second-order valence-corrected chi connectivity index (χ2v) is 6.21. The second kappa shape index (κ2) is 9.84. The minimum Gasteiger partial charge on any atom is -0.379 e. The quantitative estimate of drug-likeness (QED) is 0.439. The molecule has 2 aromatic rings. The highest BCUT2D eigenvalue weighted by atomic mass is 16.5. The van der Waals surface area contributed by atoms with Crippen molar-refractivity contribution in [2.24, 2.45) is 4.99 Å². The molecule has 0 aliphatic rings. The first-order valence-electron chi connectivity index (χ1n) is 8.73. The molecular weight excluding hydrogens is 314 g/mol. The fourth-order valence-corrected chi connectivity index (χ4v) is 2.48. The number of nitrogens with zero attached hydrogens (tertiary/aromatic N) is 3. The molecule has 2 N–H and O–H groups in total. The summed E-state index contributed by atoms with van der Waals surface area (Å²) in [4.78, 5) is 14.2. The Hall–Kier alpha value is -2.34. The van der Waals surface area contributed by atoms with E-state index in [2.05, 4.69) is 37.3 Å². The van der Waals surface area contributed by atoms with E-state index in [0.717, 1.165) is 42.6 Å². The lowest BCUT2D eigenvalue weighted by atomic mass is 10.2. The summed E-state index contributed by atoms with van der Waals surface area (Å²) in [6.07, 6.45) is 3.10. The van der Waals surface area contributed by atoms with Gasteiger partial charge in [-0.15, -0.1) is 0 Å². The molecule has 0 saturated heterocycles. The van der Waals surface area contributed by atoms with Crippen molar-refractivity contribution < 1.29 is 4.74 Å². The van der Waals surface area contributed by atoms with E-state index in [1.165, 1.54) is 0 Å². The fourth-order valence-electron chi connectivity index (χ4n) is 2.48. The Morgan fingerprint density at radius 3 is 2.76 bits per heavy atom. The maximum absolute atomic E-state index is 5.55. The largest absolute Gasteiger partial charge is 0.379 e. The topological polar surface area (TPSA) is 65.5 Å². The molecule has 0 unspecified atom stereocenters. The van der Waals surface area contributed by atoms with Crippen molar-refractivity contribution in [2.75, 3.05) is 27.2 Å². The standard InChI is InChI=1S/C19H29N5O/c1-15(2)25-12-8-11-21-19(20-3)24(4)14-18-22-13-17(23-18)16-9-6-5-7-10-16/h5-7,9-10,13,15H,8,11-12,14H2,1-4H3,(H,20,21)(H,22,23). The monoisotopic (exact) mass is 343 g/mol. The molecule has 25 heavy (non-hydrogen) atoms. The molecule has 1 aromatic heterocycles. The third kappa shape index (κ3) is 6.23. The molecule has 0 atom stereocenters. The van der Waals surface area contributed by atoms with Gasteiger partial charge in [0.2, 0.25) is 0 Å². The van der Waals surface area contributed by atoms with E-state index in [-0.39, 0.29) is 6.10 Å². The first kappa shape index (κ1) is 19.0. The van der Waals surface area contributed by atoms with Gasteiger partial charge in [0.1, 0.15) is 5.82 Å². The van der Waals surface area contributed by atoms with Crippen LogP contribution in [0.15, 0.2) is 41.5 Å². The molecule has 0 aliphatic heterocycles. The van der Waals surface area contributed by atoms with Gasteiger partial charge in [-0.2, -0.15) is 0 Å². The Bertz CT molecular complexity index is 651.